The van der Waals surface area contributed by atoms with Gasteiger partial charge < -0.3 is 4.42 Å². The quantitative estimate of drug-likeness (QED) is 0.544. The van der Waals surface area contributed by atoms with E-state index in [0.29, 0.717) is 5.52 Å². The van der Waals surface area contributed by atoms with Crippen LogP contribution in [0.1, 0.15) is 0 Å². The number of furan rings is 1. The molecular weight excluding hydrogens is 373 g/mol. The molecule has 7 nitrogen and oxygen atoms in total. The molecule has 26 heavy (non-hydrogen) atoms. The van der Waals surface area contributed by atoms with Gasteiger partial charge in [0.25, 0.3) is 0 Å². The average molecular weight is 382 g/mol. The zero-order valence-corrected chi connectivity index (χ0v) is 13.6. The van der Waals surface area contributed by atoms with Gasteiger partial charge in [-0.3, -0.25) is 4.40 Å². The summed E-state index contributed by atoms with van der Waals surface area (Å²) in [7, 11) is -5.75. The Kier molecular flexibility index (Phi) is 3.44. The highest BCUT2D eigenvalue weighted by molar-refractivity contribution is 7.90. The Morgan fingerprint density at radius 1 is 1.12 bits per heavy atom. The molecule has 0 aliphatic rings. The van der Waals surface area contributed by atoms with Gasteiger partial charge in [-0.2, -0.15) is 26.7 Å². The smallest absolute Gasteiger partial charge is 0.463 e. The number of rotatable bonds is 3. The highest BCUT2D eigenvalue weighted by Crippen LogP contribution is 2.32. The molecule has 0 N–H and O–H groups in total. The number of alkyl halides is 3. The maximum absolute atomic E-state index is 13.0. The van der Waals surface area contributed by atoms with Crippen LogP contribution in [0.4, 0.5) is 13.2 Å². The van der Waals surface area contributed by atoms with Crippen LogP contribution in [-0.2, 0) is 10.0 Å². The van der Waals surface area contributed by atoms with Gasteiger partial charge in [-0.05, 0) is 30.3 Å². The summed E-state index contributed by atoms with van der Waals surface area (Å²) in [5, 5.41) is 3.66. The van der Waals surface area contributed by atoms with E-state index in [-0.39, 0.29) is 27.1 Å². The molecule has 0 radical (unpaired) electrons. The molecule has 0 spiro atoms. The third kappa shape index (κ3) is 2.39. The van der Waals surface area contributed by atoms with E-state index in [1.807, 2.05) is 0 Å². The summed E-state index contributed by atoms with van der Waals surface area (Å²) >= 11 is 0. The first-order valence-electron chi connectivity index (χ1n) is 7.17. The van der Waals surface area contributed by atoms with E-state index < -0.39 is 15.5 Å². The zero-order chi connectivity index (χ0) is 18.5. The minimum Gasteiger partial charge on any atom is -0.463 e. The summed E-state index contributed by atoms with van der Waals surface area (Å²) in [6.07, 6.45) is 4.36. The molecule has 0 aromatic carbocycles. The van der Waals surface area contributed by atoms with Gasteiger partial charge in [-0.25, -0.2) is 4.98 Å². The number of imidazole rings is 1. The molecule has 4 aromatic heterocycles. The van der Waals surface area contributed by atoms with Crippen molar-refractivity contribution < 1.29 is 26.0 Å². The van der Waals surface area contributed by atoms with Crippen molar-refractivity contribution in [2.45, 2.75) is 5.51 Å². The third-order valence-corrected chi connectivity index (χ3v) is 4.96. The molecular formula is C15H9F3N4O3S. The second-order valence-electron chi connectivity index (χ2n) is 5.26. The number of hydrogen-bond acceptors (Lipinski definition) is 5. The SMILES string of the molecule is O=S(=O)(n1nc(-c2ncc3ccccn23)cc1-c1ccco1)C(F)(F)F. The standard InChI is InChI=1S/C15H9F3N4O3S/c16-15(17,18)26(23,24)22-12(13-5-3-7-25-13)8-11(20-22)14-19-9-10-4-1-2-6-21(10)14/h1-9H. The Balaban J connectivity index is 1.98. The summed E-state index contributed by atoms with van der Waals surface area (Å²) in [6, 6.07) is 9.17. The van der Waals surface area contributed by atoms with Crippen LogP contribution in [0.15, 0.2) is 59.5 Å². The van der Waals surface area contributed by atoms with Crippen LogP contribution in [0.25, 0.3) is 28.5 Å². The maximum atomic E-state index is 13.0. The number of pyridine rings is 1. The van der Waals surface area contributed by atoms with Gasteiger partial charge >= 0.3 is 15.5 Å². The monoisotopic (exact) mass is 382 g/mol. The van der Waals surface area contributed by atoms with Gasteiger partial charge in [0, 0.05) is 6.20 Å². The number of aromatic nitrogens is 4. The summed E-state index contributed by atoms with van der Waals surface area (Å²) in [4.78, 5) is 4.13. The van der Waals surface area contributed by atoms with E-state index in [4.69, 9.17) is 4.42 Å². The van der Waals surface area contributed by atoms with Gasteiger partial charge in [-0.1, -0.05) is 6.07 Å². The van der Waals surface area contributed by atoms with Crippen molar-refractivity contribution in [1.29, 1.82) is 0 Å². The molecule has 4 heterocycles. The maximum Gasteiger partial charge on any atom is 0.518 e. The van der Waals surface area contributed by atoms with E-state index in [1.54, 1.807) is 28.8 Å². The Morgan fingerprint density at radius 3 is 2.62 bits per heavy atom. The van der Waals surface area contributed by atoms with Crippen LogP contribution in [0, 0.1) is 0 Å². The van der Waals surface area contributed by atoms with Crippen LogP contribution in [0.5, 0.6) is 0 Å². The lowest BCUT2D eigenvalue weighted by molar-refractivity contribution is -0.0449. The number of nitrogens with zero attached hydrogens (tertiary/aromatic N) is 4. The summed E-state index contributed by atoms with van der Waals surface area (Å²) in [5.41, 5.74) is -5.24. The normalized spacial score (nSPS) is 12.7. The summed E-state index contributed by atoms with van der Waals surface area (Å²) in [5.74, 6) is 0.127. The van der Waals surface area contributed by atoms with Crippen LogP contribution in [0.2, 0.25) is 0 Å². The Hall–Kier alpha value is -3.08. The van der Waals surface area contributed by atoms with Gasteiger partial charge in [0.1, 0.15) is 11.4 Å². The third-order valence-electron chi connectivity index (χ3n) is 3.64. The topological polar surface area (TPSA) is 82.4 Å². The highest BCUT2D eigenvalue weighted by Gasteiger charge is 2.49. The molecule has 0 saturated heterocycles. The largest absolute Gasteiger partial charge is 0.518 e. The molecule has 0 bridgehead atoms. The van der Waals surface area contributed by atoms with E-state index >= 15 is 0 Å². The first kappa shape index (κ1) is 16.4. The molecule has 0 amide bonds. The minimum atomic E-state index is -5.75. The fourth-order valence-corrected chi connectivity index (χ4v) is 3.27. The number of hydrogen-bond donors (Lipinski definition) is 0. The van der Waals surface area contributed by atoms with Gasteiger partial charge in [0.15, 0.2) is 11.6 Å². The lowest BCUT2D eigenvalue weighted by Crippen LogP contribution is -2.31. The van der Waals surface area contributed by atoms with Crippen LogP contribution in [0.3, 0.4) is 0 Å². The second kappa shape index (κ2) is 5.46. The van der Waals surface area contributed by atoms with E-state index in [9.17, 15) is 21.6 Å². The van der Waals surface area contributed by atoms with Crippen molar-refractivity contribution in [2.75, 3.05) is 0 Å². The molecule has 0 fully saturated rings. The zero-order valence-electron chi connectivity index (χ0n) is 12.8. The second-order valence-corrected chi connectivity index (χ2v) is 7.02. The van der Waals surface area contributed by atoms with Crippen molar-refractivity contribution in [3.63, 3.8) is 0 Å². The van der Waals surface area contributed by atoms with Crippen molar-refractivity contribution >= 4 is 15.5 Å². The van der Waals surface area contributed by atoms with Crippen molar-refractivity contribution in [1.82, 2.24) is 18.6 Å². The van der Waals surface area contributed by atoms with Gasteiger partial charge in [0.2, 0.25) is 0 Å². The molecule has 4 rings (SSSR count). The van der Waals surface area contributed by atoms with Gasteiger partial charge in [0.05, 0.1) is 18.0 Å². The van der Waals surface area contributed by atoms with Gasteiger partial charge in [-0.15, -0.1) is 4.09 Å². The minimum absolute atomic E-state index is 0.0459. The molecule has 0 unspecified atom stereocenters. The predicted molar refractivity (Wildman–Crippen MR) is 84.5 cm³/mol. The fourth-order valence-electron chi connectivity index (χ4n) is 2.48. The lowest BCUT2D eigenvalue weighted by atomic mass is 10.3. The first-order valence-corrected chi connectivity index (χ1v) is 8.61. The highest BCUT2D eigenvalue weighted by atomic mass is 32.2. The Labute approximate surface area is 144 Å². The average Bonchev–Trinajstić information content (AvgIpc) is 3.31. The number of fused-ring (bicyclic) bond motifs is 1. The predicted octanol–water partition coefficient (Wildman–Crippen LogP) is 3.16. The van der Waals surface area contributed by atoms with Crippen LogP contribution >= 0.6 is 0 Å². The van der Waals surface area contributed by atoms with Crippen LogP contribution < -0.4 is 0 Å². The summed E-state index contributed by atoms with van der Waals surface area (Å²) in [6.45, 7) is 0. The molecule has 0 aliphatic heterocycles. The fraction of sp³-hybridized carbons (Fsp3) is 0.0667. The number of halogens is 3. The molecule has 0 saturated carbocycles. The lowest BCUT2D eigenvalue weighted by Gasteiger charge is -2.09. The summed E-state index contributed by atoms with van der Waals surface area (Å²) < 4.78 is 69.6. The van der Waals surface area contributed by atoms with E-state index in [2.05, 4.69) is 10.1 Å². The molecule has 0 aliphatic carbocycles. The van der Waals surface area contributed by atoms with E-state index in [1.165, 1.54) is 30.7 Å². The Bertz CT molecular complexity index is 1190. The van der Waals surface area contributed by atoms with Crippen LogP contribution in [-0.4, -0.2) is 32.5 Å². The molecule has 134 valence electrons. The molecule has 0 atom stereocenters. The van der Waals surface area contributed by atoms with Crippen molar-refractivity contribution in [2.24, 2.45) is 0 Å². The van der Waals surface area contributed by atoms with E-state index in [0.717, 1.165) is 0 Å². The molecule has 11 heteroatoms. The Morgan fingerprint density at radius 2 is 1.92 bits per heavy atom. The first-order chi connectivity index (χ1) is 12.3. The molecule has 4 aromatic rings. The van der Waals surface area contributed by atoms with Crippen molar-refractivity contribution in [3.05, 3.63) is 55.1 Å². The van der Waals surface area contributed by atoms with Crippen molar-refractivity contribution in [3.8, 4) is 23.0 Å².